The number of nitrogens with zero attached hydrogens (tertiary/aromatic N) is 2. The van der Waals surface area contributed by atoms with Crippen molar-refractivity contribution in [1.29, 1.82) is 0 Å². The van der Waals surface area contributed by atoms with Crippen molar-refractivity contribution < 1.29 is 47.6 Å². The number of ether oxygens (including phenoxy) is 6. The predicted octanol–water partition coefficient (Wildman–Crippen LogP) is 18.0. The minimum absolute atomic E-state index is 0.0291. The number of rotatable bonds is 21. The maximum absolute atomic E-state index is 12.9. The molecule has 0 aromatic heterocycles. The van der Waals surface area contributed by atoms with E-state index in [2.05, 4.69) is 121 Å². The zero-order chi connectivity index (χ0) is 59.8. The van der Waals surface area contributed by atoms with Crippen LogP contribution in [-0.4, -0.2) is 24.2 Å². The molecular formula is C74H64N2O10. The fourth-order valence-corrected chi connectivity index (χ4v) is 9.98. The van der Waals surface area contributed by atoms with E-state index in [1.54, 1.807) is 72.8 Å². The quantitative estimate of drug-likeness (QED) is 0.0386. The summed E-state index contributed by atoms with van der Waals surface area (Å²) in [5.41, 5.74) is 15.1. The summed E-state index contributed by atoms with van der Waals surface area (Å²) in [6.45, 7) is 8.14. The number of hydrogen-bond acceptors (Lipinski definition) is 12. The van der Waals surface area contributed by atoms with Crippen molar-refractivity contribution in [3.05, 3.63) is 287 Å². The van der Waals surface area contributed by atoms with Crippen LogP contribution in [0.1, 0.15) is 57.3 Å². The molecule has 0 heterocycles. The highest BCUT2D eigenvalue weighted by Gasteiger charge is 2.20. The van der Waals surface area contributed by atoms with Gasteiger partial charge in [0.2, 0.25) is 0 Å². The Kier molecular flexibility index (Phi) is 19.1. The zero-order valence-electron chi connectivity index (χ0n) is 48.3. The van der Waals surface area contributed by atoms with Crippen LogP contribution in [0.2, 0.25) is 0 Å². The third-order valence-electron chi connectivity index (χ3n) is 14.6. The lowest BCUT2D eigenvalue weighted by atomic mass is 10.0. The molecule has 10 aromatic carbocycles. The SMILES string of the molecule is Cc1cc(N(c2ccc(-c3ccc(N(c4ccc(CCC(=O)Oc5ccccc5)c(C)c4)c4ccc(COC(=O)Oc5ccccc5)c(C)c4)cc3)cc2)c2ccc(COC(=O)Oc3ccccc3)c(C)c2)ccc1CCC(=O)Oc1ccccc1. The summed E-state index contributed by atoms with van der Waals surface area (Å²) in [6, 6.07) is 77.3. The molecule has 0 fully saturated rings. The summed E-state index contributed by atoms with van der Waals surface area (Å²) in [6.07, 6.45) is -0.0928. The van der Waals surface area contributed by atoms with Crippen molar-refractivity contribution in [3.63, 3.8) is 0 Å². The number of esters is 2. The number of hydrogen-bond donors (Lipinski definition) is 0. The molecule has 10 rings (SSSR count). The van der Waals surface area contributed by atoms with E-state index in [1.165, 1.54) is 0 Å². The van der Waals surface area contributed by atoms with E-state index in [0.717, 1.165) is 89.8 Å². The molecule has 10 aromatic rings. The van der Waals surface area contributed by atoms with E-state index < -0.39 is 12.3 Å². The van der Waals surface area contributed by atoms with Gasteiger partial charge in [-0.2, -0.15) is 0 Å². The highest BCUT2D eigenvalue weighted by Crippen LogP contribution is 2.40. The Labute approximate surface area is 501 Å². The minimum atomic E-state index is -0.788. The summed E-state index contributed by atoms with van der Waals surface area (Å²) >= 11 is 0. The fourth-order valence-electron chi connectivity index (χ4n) is 9.98. The van der Waals surface area contributed by atoms with Gasteiger partial charge in [-0.15, -0.1) is 0 Å². The van der Waals surface area contributed by atoms with Crippen LogP contribution in [0.25, 0.3) is 11.1 Å². The van der Waals surface area contributed by atoms with Crippen LogP contribution in [0, 0.1) is 27.7 Å². The first-order chi connectivity index (χ1) is 41.9. The van der Waals surface area contributed by atoms with Crippen LogP contribution in [0.4, 0.5) is 43.7 Å². The molecule has 12 heteroatoms. The molecule has 0 aliphatic rings. The van der Waals surface area contributed by atoms with Gasteiger partial charge in [0.05, 0.1) is 0 Å². The Hall–Kier alpha value is -10.7. The maximum atomic E-state index is 12.9. The molecule has 0 bridgehead atoms. The number of carbonyl (C=O) groups excluding carboxylic acids is 4. The van der Waals surface area contributed by atoms with Crippen molar-refractivity contribution in [2.75, 3.05) is 9.80 Å². The molecule has 0 saturated heterocycles. The van der Waals surface area contributed by atoms with Crippen LogP contribution in [0.3, 0.4) is 0 Å². The molecule has 0 atom stereocenters. The summed E-state index contributed by atoms with van der Waals surface area (Å²) < 4.78 is 33.0. The van der Waals surface area contributed by atoms with E-state index in [1.807, 2.05) is 86.6 Å². The summed E-state index contributed by atoms with van der Waals surface area (Å²) in [5.74, 6) is 1.24. The van der Waals surface area contributed by atoms with Gasteiger partial charge in [0.25, 0.3) is 0 Å². The van der Waals surface area contributed by atoms with E-state index in [0.29, 0.717) is 35.8 Å². The zero-order valence-corrected chi connectivity index (χ0v) is 48.3. The average molecular weight is 1140 g/mol. The van der Waals surface area contributed by atoms with Gasteiger partial charge in [-0.05, 0) is 217 Å². The maximum Gasteiger partial charge on any atom is 0.514 e. The van der Waals surface area contributed by atoms with Crippen LogP contribution in [0.15, 0.2) is 243 Å². The van der Waals surface area contributed by atoms with E-state index in [-0.39, 0.29) is 38.0 Å². The van der Waals surface area contributed by atoms with Crippen LogP contribution >= 0.6 is 0 Å². The average Bonchev–Trinajstić information content (AvgIpc) is 3.71. The van der Waals surface area contributed by atoms with Gasteiger partial charge in [-0.1, -0.05) is 121 Å². The Morgan fingerprint density at radius 1 is 0.302 bits per heavy atom. The number of benzene rings is 10. The molecule has 0 N–H and O–H groups in total. The van der Waals surface area contributed by atoms with Gasteiger partial charge in [-0.3, -0.25) is 9.59 Å². The third kappa shape index (κ3) is 15.5. The summed E-state index contributed by atoms with van der Waals surface area (Å²) in [5, 5.41) is 0. The lowest BCUT2D eigenvalue weighted by Crippen LogP contribution is -2.13. The molecule has 0 aliphatic carbocycles. The normalized spacial score (nSPS) is 10.8. The Morgan fingerprint density at radius 2 is 0.570 bits per heavy atom. The first kappa shape index (κ1) is 58.5. The van der Waals surface area contributed by atoms with Crippen LogP contribution in [0.5, 0.6) is 23.0 Å². The highest BCUT2D eigenvalue weighted by atomic mass is 16.7. The van der Waals surface area contributed by atoms with Crippen LogP contribution < -0.4 is 28.7 Å². The van der Waals surface area contributed by atoms with Crippen molar-refractivity contribution in [1.82, 2.24) is 0 Å². The Morgan fingerprint density at radius 3 is 0.860 bits per heavy atom. The largest absolute Gasteiger partial charge is 0.514 e. The second kappa shape index (κ2) is 28.0. The van der Waals surface area contributed by atoms with Gasteiger partial charge >= 0.3 is 24.2 Å². The minimum Gasteiger partial charge on any atom is -0.429 e. The van der Waals surface area contributed by atoms with Gasteiger partial charge < -0.3 is 38.2 Å². The van der Waals surface area contributed by atoms with E-state index in [4.69, 9.17) is 28.4 Å². The molecule has 0 unspecified atom stereocenters. The lowest BCUT2D eigenvalue weighted by Gasteiger charge is -2.28. The standard InChI is InChI=1S/C74H64N2O10/c1-51-45-63(39-25-55(51)33-43-71(77)83-67-17-9-5-10-18-67)75(65-41-31-59(53(3)47-65)49-81-73(79)85-69-21-13-7-14-22-69)61-35-27-57(28-36-61)58-29-37-62(38-30-58)76(64-40-26-56(52(2)46-64)34-44-72(78)84-68-19-11-6-12-20-68)66-42-32-60(54(4)48-66)50-82-74(80)86-70-23-15-8-16-24-70/h5-32,35-42,45-48H,33-34,43-44,49-50H2,1-4H3. The summed E-state index contributed by atoms with van der Waals surface area (Å²) in [4.78, 5) is 55.4. The summed E-state index contributed by atoms with van der Waals surface area (Å²) in [7, 11) is 0. The first-order valence-electron chi connectivity index (χ1n) is 28.4. The molecular weight excluding hydrogens is 1080 g/mol. The fraction of sp³-hybridized carbons (Fsp3) is 0.135. The molecule has 0 saturated carbocycles. The molecule has 0 radical (unpaired) electrons. The van der Waals surface area contributed by atoms with Crippen molar-refractivity contribution in [2.45, 2.75) is 66.6 Å². The predicted molar refractivity (Wildman–Crippen MR) is 335 cm³/mol. The van der Waals surface area contributed by atoms with Crippen LogP contribution in [-0.2, 0) is 45.1 Å². The first-order valence-corrected chi connectivity index (χ1v) is 28.4. The van der Waals surface area contributed by atoms with E-state index >= 15 is 0 Å². The molecule has 430 valence electrons. The van der Waals surface area contributed by atoms with Gasteiger partial charge in [0.1, 0.15) is 36.2 Å². The van der Waals surface area contributed by atoms with Crippen molar-refractivity contribution >= 4 is 58.4 Å². The Balaban J connectivity index is 0.905. The smallest absolute Gasteiger partial charge is 0.429 e. The lowest BCUT2D eigenvalue weighted by molar-refractivity contribution is -0.135. The molecule has 12 nitrogen and oxygen atoms in total. The van der Waals surface area contributed by atoms with E-state index in [9.17, 15) is 19.2 Å². The van der Waals surface area contributed by atoms with Crippen molar-refractivity contribution in [2.24, 2.45) is 0 Å². The molecule has 0 amide bonds. The topological polar surface area (TPSA) is 130 Å². The van der Waals surface area contributed by atoms with Crippen molar-refractivity contribution in [3.8, 4) is 34.1 Å². The molecule has 0 spiro atoms. The van der Waals surface area contributed by atoms with Gasteiger partial charge in [0, 0.05) is 47.0 Å². The second-order valence-corrected chi connectivity index (χ2v) is 20.7. The molecule has 0 aliphatic heterocycles. The molecule has 86 heavy (non-hydrogen) atoms. The highest BCUT2D eigenvalue weighted by molar-refractivity contribution is 5.82. The van der Waals surface area contributed by atoms with Gasteiger partial charge in [-0.25, -0.2) is 9.59 Å². The number of anilines is 6. The third-order valence-corrected chi connectivity index (χ3v) is 14.6. The number of aryl methyl sites for hydroxylation is 6. The Bertz CT molecular complexity index is 3480. The second-order valence-electron chi connectivity index (χ2n) is 20.7. The van der Waals surface area contributed by atoms with Gasteiger partial charge in [0.15, 0.2) is 0 Å². The number of para-hydroxylation sites is 4. The number of carbonyl (C=O) groups is 4. The monoisotopic (exact) mass is 1140 g/mol.